The molecule has 0 saturated carbocycles. The standard InChI is InChI=1S/C24H36O/c1-6-8-12-23(18(4)21-10-9-11-22(25)16-21)19(5)24-15-20(7-2)14-13-17(24)3/h9-11,13-15,18-19,21,23,25H,6-8,12,16H2,1-5H3/t18-,19-,21?,23-/m0/s1. The number of allylic oxidation sites excluding steroid dienone is 4. The van der Waals surface area contributed by atoms with Gasteiger partial charge in [-0.25, -0.2) is 0 Å². The van der Waals surface area contributed by atoms with E-state index >= 15 is 0 Å². The van der Waals surface area contributed by atoms with Gasteiger partial charge in [0.15, 0.2) is 0 Å². The Morgan fingerprint density at radius 3 is 2.60 bits per heavy atom. The molecule has 0 radical (unpaired) electrons. The van der Waals surface area contributed by atoms with Crippen LogP contribution in [-0.2, 0) is 6.42 Å². The molecular weight excluding hydrogens is 304 g/mol. The van der Waals surface area contributed by atoms with Crippen LogP contribution in [-0.4, -0.2) is 5.11 Å². The van der Waals surface area contributed by atoms with Crippen molar-refractivity contribution in [3.63, 3.8) is 0 Å². The van der Waals surface area contributed by atoms with Crippen LogP contribution in [0.15, 0.2) is 42.2 Å². The molecule has 1 aromatic rings. The van der Waals surface area contributed by atoms with Gasteiger partial charge < -0.3 is 5.11 Å². The first-order valence-corrected chi connectivity index (χ1v) is 10.1. The predicted octanol–water partition coefficient (Wildman–Crippen LogP) is 7.12. The van der Waals surface area contributed by atoms with Crippen molar-refractivity contribution in [1.82, 2.24) is 0 Å². The first kappa shape index (κ1) is 19.8. The lowest BCUT2D eigenvalue weighted by atomic mass is 9.69. The van der Waals surface area contributed by atoms with Gasteiger partial charge >= 0.3 is 0 Å². The SMILES string of the molecule is CCCC[C@H]([C@H](C)c1cc(CC)ccc1C)[C@@H](C)C1C=CC=C(O)C1. The minimum atomic E-state index is 0.448. The van der Waals surface area contributed by atoms with E-state index in [9.17, 15) is 5.11 Å². The molecule has 138 valence electrons. The summed E-state index contributed by atoms with van der Waals surface area (Å²) in [6.07, 6.45) is 11.8. The normalized spacial score (nSPS) is 20.8. The smallest absolute Gasteiger partial charge is 0.0928 e. The molecule has 1 heteroatoms. The molecular formula is C24H36O. The summed E-state index contributed by atoms with van der Waals surface area (Å²) in [6, 6.07) is 6.99. The zero-order valence-electron chi connectivity index (χ0n) is 16.8. The van der Waals surface area contributed by atoms with E-state index in [0.29, 0.717) is 29.4 Å². The lowest BCUT2D eigenvalue weighted by molar-refractivity contribution is 0.214. The van der Waals surface area contributed by atoms with Gasteiger partial charge in [0.05, 0.1) is 5.76 Å². The largest absolute Gasteiger partial charge is 0.512 e. The van der Waals surface area contributed by atoms with Crippen LogP contribution < -0.4 is 0 Å². The van der Waals surface area contributed by atoms with E-state index in [0.717, 1.165) is 12.8 Å². The molecule has 1 aliphatic carbocycles. The van der Waals surface area contributed by atoms with E-state index in [4.69, 9.17) is 0 Å². The molecule has 1 N–H and O–H groups in total. The topological polar surface area (TPSA) is 20.2 Å². The quantitative estimate of drug-likeness (QED) is 0.534. The summed E-state index contributed by atoms with van der Waals surface area (Å²) in [5.74, 6) is 2.74. The van der Waals surface area contributed by atoms with Gasteiger partial charge in [0.2, 0.25) is 0 Å². The van der Waals surface area contributed by atoms with Crippen molar-refractivity contribution in [3.05, 3.63) is 58.9 Å². The third kappa shape index (κ3) is 5.00. The second kappa shape index (κ2) is 9.27. The van der Waals surface area contributed by atoms with E-state index in [2.05, 4.69) is 58.9 Å². The molecule has 2 rings (SSSR count). The Hall–Kier alpha value is -1.50. The molecule has 0 fully saturated rings. The summed E-state index contributed by atoms with van der Waals surface area (Å²) in [5, 5.41) is 9.96. The zero-order valence-corrected chi connectivity index (χ0v) is 16.8. The molecule has 0 heterocycles. The van der Waals surface area contributed by atoms with Gasteiger partial charge in [0.1, 0.15) is 0 Å². The van der Waals surface area contributed by atoms with Crippen molar-refractivity contribution in [2.75, 3.05) is 0 Å². The van der Waals surface area contributed by atoms with Gasteiger partial charge in [-0.05, 0) is 66.2 Å². The van der Waals surface area contributed by atoms with Crippen molar-refractivity contribution in [1.29, 1.82) is 0 Å². The van der Waals surface area contributed by atoms with Crippen molar-refractivity contribution in [3.8, 4) is 0 Å². The van der Waals surface area contributed by atoms with Gasteiger partial charge in [-0.15, -0.1) is 0 Å². The predicted molar refractivity (Wildman–Crippen MR) is 109 cm³/mol. The molecule has 0 bridgehead atoms. The van der Waals surface area contributed by atoms with Crippen molar-refractivity contribution < 1.29 is 5.11 Å². The van der Waals surface area contributed by atoms with Crippen molar-refractivity contribution in [2.45, 2.75) is 72.6 Å². The van der Waals surface area contributed by atoms with Gasteiger partial charge in [-0.1, -0.05) is 70.9 Å². The fraction of sp³-hybridized carbons (Fsp3) is 0.583. The molecule has 1 nitrogen and oxygen atoms in total. The summed E-state index contributed by atoms with van der Waals surface area (Å²) in [6.45, 7) is 11.6. The van der Waals surface area contributed by atoms with Gasteiger partial charge in [-0.3, -0.25) is 0 Å². The third-order valence-corrected chi connectivity index (χ3v) is 6.22. The molecule has 1 unspecified atom stereocenters. The molecule has 0 saturated heterocycles. The van der Waals surface area contributed by atoms with Crippen LogP contribution in [0, 0.1) is 24.7 Å². The number of aliphatic hydroxyl groups is 1. The zero-order chi connectivity index (χ0) is 18.4. The summed E-state index contributed by atoms with van der Waals surface area (Å²) < 4.78 is 0. The lowest BCUT2D eigenvalue weighted by Gasteiger charge is -2.35. The van der Waals surface area contributed by atoms with E-state index in [1.165, 1.54) is 36.0 Å². The first-order chi connectivity index (χ1) is 12.0. The second-order valence-corrected chi connectivity index (χ2v) is 7.91. The van der Waals surface area contributed by atoms with Crippen LogP contribution in [0.2, 0.25) is 0 Å². The Kier molecular flexibility index (Phi) is 7.35. The second-order valence-electron chi connectivity index (χ2n) is 7.91. The van der Waals surface area contributed by atoms with Crippen molar-refractivity contribution >= 4 is 0 Å². The van der Waals surface area contributed by atoms with Crippen LogP contribution in [0.1, 0.15) is 76.0 Å². The highest BCUT2D eigenvalue weighted by atomic mass is 16.3. The Labute approximate surface area is 154 Å². The first-order valence-electron chi connectivity index (χ1n) is 10.1. The number of aryl methyl sites for hydroxylation is 2. The number of unbranched alkanes of at least 4 members (excludes halogenated alkanes) is 1. The Morgan fingerprint density at radius 1 is 1.20 bits per heavy atom. The number of hydrogen-bond donors (Lipinski definition) is 1. The highest BCUT2D eigenvalue weighted by Crippen LogP contribution is 2.41. The van der Waals surface area contributed by atoms with Gasteiger partial charge in [0.25, 0.3) is 0 Å². The summed E-state index contributed by atoms with van der Waals surface area (Å²) >= 11 is 0. The Bertz CT molecular complexity index is 611. The Morgan fingerprint density at radius 2 is 1.96 bits per heavy atom. The van der Waals surface area contributed by atoms with Crippen LogP contribution in [0.25, 0.3) is 0 Å². The molecule has 1 aliphatic rings. The molecule has 1 aromatic carbocycles. The van der Waals surface area contributed by atoms with E-state index < -0.39 is 0 Å². The van der Waals surface area contributed by atoms with Gasteiger partial charge in [-0.2, -0.15) is 0 Å². The fourth-order valence-electron chi connectivity index (χ4n) is 4.40. The van der Waals surface area contributed by atoms with Crippen LogP contribution in [0.4, 0.5) is 0 Å². The number of rotatable bonds is 8. The fourth-order valence-corrected chi connectivity index (χ4v) is 4.40. The maximum absolute atomic E-state index is 9.96. The highest BCUT2D eigenvalue weighted by Gasteiger charge is 2.30. The number of benzene rings is 1. The molecule has 4 atom stereocenters. The minimum absolute atomic E-state index is 0.448. The van der Waals surface area contributed by atoms with Crippen molar-refractivity contribution in [2.24, 2.45) is 17.8 Å². The molecule has 25 heavy (non-hydrogen) atoms. The summed E-state index contributed by atoms with van der Waals surface area (Å²) in [7, 11) is 0. The maximum Gasteiger partial charge on any atom is 0.0928 e. The van der Waals surface area contributed by atoms with Crippen LogP contribution in [0.5, 0.6) is 0 Å². The maximum atomic E-state index is 9.96. The molecule has 0 aliphatic heterocycles. The number of aliphatic hydroxyl groups excluding tert-OH is 1. The minimum Gasteiger partial charge on any atom is -0.512 e. The van der Waals surface area contributed by atoms with Crippen LogP contribution in [0.3, 0.4) is 0 Å². The highest BCUT2D eigenvalue weighted by molar-refractivity contribution is 5.34. The molecule has 0 spiro atoms. The van der Waals surface area contributed by atoms with E-state index in [-0.39, 0.29) is 0 Å². The average molecular weight is 341 g/mol. The molecule has 0 aromatic heterocycles. The third-order valence-electron chi connectivity index (χ3n) is 6.22. The number of hydrogen-bond acceptors (Lipinski definition) is 1. The summed E-state index contributed by atoms with van der Waals surface area (Å²) in [4.78, 5) is 0. The lowest BCUT2D eigenvalue weighted by Crippen LogP contribution is -2.26. The Balaban J connectivity index is 2.26. The van der Waals surface area contributed by atoms with E-state index in [1.807, 2.05) is 12.2 Å². The molecule has 0 amide bonds. The van der Waals surface area contributed by atoms with Gasteiger partial charge in [0, 0.05) is 6.42 Å². The van der Waals surface area contributed by atoms with Crippen LogP contribution >= 0.6 is 0 Å². The monoisotopic (exact) mass is 340 g/mol. The van der Waals surface area contributed by atoms with E-state index in [1.54, 1.807) is 0 Å². The average Bonchev–Trinajstić information content (AvgIpc) is 2.62. The summed E-state index contributed by atoms with van der Waals surface area (Å²) in [5.41, 5.74) is 4.37.